The maximum absolute atomic E-state index is 5.38. The van der Waals surface area contributed by atoms with E-state index in [1.165, 1.54) is 12.8 Å². The highest BCUT2D eigenvalue weighted by atomic mass is 15.4. The van der Waals surface area contributed by atoms with Crippen molar-refractivity contribution in [3.8, 4) is 0 Å². The quantitative estimate of drug-likeness (QED) is 0.277. The second-order valence-electron chi connectivity index (χ2n) is 3.00. The fourth-order valence-electron chi connectivity index (χ4n) is 1.11. The Morgan fingerprint density at radius 1 is 1.50 bits per heavy atom. The van der Waals surface area contributed by atoms with Crippen molar-refractivity contribution in [1.82, 2.24) is 10.3 Å². The molecule has 0 amide bonds. The van der Waals surface area contributed by atoms with Crippen LogP contribution in [-0.2, 0) is 0 Å². The van der Waals surface area contributed by atoms with Crippen LogP contribution < -0.4 is 11.3 Å². The molecule has 0 heterocycles. The van der Waals surface area contributed by atoms with E-state index in [9.17, 15) is 0 Å². The molecule has 1 saturated carbocycles. The summed E-state index contributed by atoms with van der Waals surface area (Å²) in [6.45, 7) is 6.10. The van der Waals surface area contributed by atoms with Crippen LogP contribution in [0.4, 0.5) is 0 Å². The molecular formula is C8H18N4. The zero-order valence-corrected chi connectivity index (χ0v) is 7.88. The smallest absolute Gasteiger partial charge is 0.208 e. The van der Waals surface area contributed by atoms with Gasteiger partial charge in [-0.1, -0.05) is 0 Å². The van der Waals surface area contributed by atoms with Crippen molar-refractivity contribution in [3.63, 3.8) is 0 Å². The highest BCUT2D eigenvalue weighted by molar-refractivity contribution is 5.79. The highest BCUT2D eigenvalue weighted by Crippen LogP contribution is 2.23. The van der Waals surface area contributed by atoms with Crippen LogP contribution in [0.1, 0.15) is 26.7 Å². The van der Waals surface area contributed by atoms with Gasteiger partial charge in [-0.15, -0.1) is 0 Å². The Morgan fingerprint density at radius 3 is 2.42 bits per heavy atom. The molecule has 3 N–H and O–H groups in total. The molecular weight excluding hydrogens is 152 g/mol. The Hall–Kier alpha value is -0.770. The minimum absolute atomic E-state index is 0.525. The number of hydrazine groups is 1. The summed E-state index contributed by atoms with van der Waals surface area (Å²) in [6.07, 6.45) is 2.43. The number of hydrogen-bond acceptors (Lipinski definition) is 2. The molecule has 4 heteroatoms. The standard InChI is InChI=1S/C8H18N4/c1-3-12(4-2)8(11-9)10-7-5-6-7/h7H,3-6,9H2,1-2H3,(H,10,11). The van der Waals surface area contributed by atoms with Crippen molar-refractivity contribution in [2.24, 2.45) is 10.8 Å². The molecule has 1 aliphatic carbocycles. The van der Waals surface area contributed by atoms with E-state index in [-0.39, 0.29) is 0 Å². The van der Waals surface area contributed by atoms with E-state index in [0.717, 1.165) is 19.0 Å². The van der Waals surface area contributed by atoms with Gasteiger partial charge in [-0.05, 0) is 26.7 Å². The molecule has 0 saturated heterocycles. The second-order valence-corrected chi connectivity index (χ2v) is 3.00. The topological polar surface area (TPSA) is 53.6 Å². The van der Waals surface area contributed by atoms with Gasteiger partial charge in [0.15, 0.2) is 0 Å². The lowest BCUT2D eigenvalue weighted by molar-refractivity contribution is 0.445. The Labute approximate surface area is 73.8 Å². The fourth-order valence-corrected chi connectivity index (χ4v) is 1.11. The number of hydrogen-bond donors (Lipinski definition) is 2. The van der Waals surface area contributed by atoms with Gasteiger partial charge >= 0.3 is 0 Å². The van der Waals surface area contributed by atoms with Crippen molar-refractivity contribution < 1.29 is 0 Å². The van der Waals surface area contributed by atoms with Gasteiger partial charge in [0.05, 0.1) is 6.04 Å². The van der Waals surface area contributed by atoms with E-state index in [1.54, 1.807) is 0 Å². The van der Waals surface area contributed by atoms with E-state index in [4.69, 9.17) is 5.84 Å². The molecule has 0 spiro atoms. The lowest BCUT2D eigenvalue weighted by Crippen LogP contribution is -2.44. The lowest BCUT2D eigenvalue weighted by Gasteiger charge is -2.21. The van der Waals surface area contributed by atoms with Crippen molar-refractivity contribution in [3.05, 3.63) is 0 Å². The summed E-state index contributed by atoms with van der Waals surface area (Å²) >= 11 is 0. The number of nitrogens with one attached hydrogen (secondary N) is 1. The Balaban J connectivity index is 2.51. The van der Waals surface area contributed by atoms with Crippen molar-refractivity contribution in [2.45, 2.75) is 32.7 Å². The van der Waals surface area contributed by atoms with Gasteiger partial charge in [-0.3, -0.25) is 5.43 Å². The van der Waals surface area contributed by atoms with Crippen molar-refractivity contribution >= 4 is 5.96 Å². The van der Waals surface area contributed by atoms with Gasteiger partial charge < -0.3 is 4.90 Å². The Bertz CT molecular complexity index is 158. The largest absolute Gasteiger partial charge is 0.342 e. The van der Waals surface area contributed by atoms with E-state index < -0.39 is 0 Å². The predicted octanol–water partition coefficient (Wildman–Crippen LogP) is 0.310. The Morgan fingerprint density at radius 2 is 2.08 bits per heavy atom. The molecule has 1 rings (SSSR count). The SMILES string of the molecule is CCN(CC)C(=NC1CC1)NN. The zero-order chi connectivity index (χ0) is 8.97. The van der Waals surface area contributed by atoms with Crippen molar-refractivity contribution in [2.75, 3.05) is 13.1 Å². The lowest BCUT2D eigenvalue weighted by atomic mass is 10.5. The summed E-state index contributed by atoms with van der Waals surface area (Å²) in [7, 11) is 0. The second kappa shape index (κ2) is 4.30. The summed E-state index contributed by atoms with van der Waals surface area (Å²) in [6, 6.07) is 0.525. The normalized spacial score (nSPS) is 17.8. The van der Waals surface area contributed by atoms with Crippen LogP contribution in [0.25, 0.3) is 0 Å². The average molecular weight is 170 g/mol. The van der Waals surface area contributed by atoms with Crippen LogP contribution in [0, 0.1) is 0 Å². The molecule has 0 bridgehead atoms. The van der Waals surface area contributed by atoms with E-state index in [0.29, 0.717) is 6.04 Å². The summed E-state index contributed by atoms with van der Waals surface area (Å²) in [5.41, 5.74) is 2.65. The minimum Gasteiger partial charge on any atom is -0.342 e. The van der Waals surface area contributed by atoms with Gasteiger partial charge in [0, 0.05) is 13.1 Å². The van der Waals surface area contributed by atoms with Crippen LogP contribution in [-0.4, -0.2) is 30.0 Å². The van der Waals surface area contributed by atoms with E-state index in [2.05, 4.69) is 29.2 Å². The first kappa shape index (κ1) is 9.32. The molecule has 4 nitrogen and oxygen atoms in total. The van der Waals surface area contributed by atoms with Crippen LogP contribution in [0.2, 0.25) is 0 Å². The maximum Gasteiger partial charge on any atom is 0.208 e. The molecule has 0 aromatic heterocycles. The number of nitrogens with two attached hydrogens (primary N) is 1. The summed E-state index contributed by atoms with van der Waals surface area (Å²) in [4.78, 5) is 6.58. The first-order chi connectivity index (χ1) is 5.81. The fraction of sp³-hybridized carbons (Fsp3) is 0.875. The third-order valence-corrected chi connectivity index (χ3v) is 2.04. The molecule has 0 atom stereocenters. The van der Waals surface area contributed by atoms with Crippen molar-refractivity contribution in [1.29, 1.82) is 0 Å². The molecule has 12 heavy (non-hydrogen) atoms. The van der Waals surface area contributed by atoms with Gasteiger partial charge in [-0.2, -0.15) is 0 Å². The number of nitrogens with zero attached hydrogens (tertiary/aromatic N) is 2. The van der Waals surface area contributed by atoms with Crippen LogP contribution in [0.15, 0.2) is 4.99 Å². The van der Waals surface area contributed by atoms with Crippen LogP contribution in [0.5, 0.6) is 0 Å². The molecule has 70 valence electrons. The molecule has 0 aromatic rings. The molecule has 0 aliphatic heterocycles. The molecule has 1 aliphatic rings. The third-order valence-electron chi connectivity index (χ3n) is 2.04. The van der Waals surface area contributed by atoms with E-state index in [1.807, 2.05) is 0 Å². The maximum atomic E-state index is 5.38. The molecule has 0 radical (unpaired) electrons. The monoisotopic (exact) mass is 170 g/mol. The van der Waals surface area contributed by atoms with Gasteiger partial charge in [0.1, 0.15) is 0 Å². The average Bonchev–Trinajstić information content (AvgIpc) is 2.88. The summed E-state index contributed by atoms with van der Waals surface area (Å²) in [5.74, 6) is 6.21. The van der Waals surface area contributed by atoms with Crippen LogP contribution >= 0.6 is 0 Å². The molecule has 0 aromatic carbocycles. The highest BCUT2D eigenvalue weighted by Gasteiger charge is 2.21. The summed E-state index contributed by atoms with van der Waals surface area (Å²) in [5, 5.41) is 0. The zero-order valence-electron chi connectivity index (χ0n) is 7.88. The van der Waals surface area contributed by atoms with Gasteiger partial charge in [-0.25, -0.2) is 10.8 Å². The number of guanidine groups is 1. The van der Waals surface area contributed by atoms with E-state index >= 15 is 0 Å². The summed E-state index contributed by atoms with van der Waals surface area (Å²) < 4.78 is 0. The van der Waals surface area contributed by atoms with Gasteiger partial charge in [0.2, 0.25) is 5.96 Å². The molecule has 0 unspecified atom stereocenters. The number of aliphatic imine (C=N–C) groups is 1. The van der Waals surface area contributed by atoms with Gasteiger partial charge in [0.25, 0.3) is 0 Å². The first-order valence-corrected chi connectivity index (χ1v) is 4.61. The molecule has 1 fully saturated rings. The minimum atomic E-state index is 0.525. The third kappa shape index (κ3) is 2.37. The number of rotatable bonds is 3. The van der Waals surface area contributed by atoms with Crippen LogP contribution in [0.3, 0.4) is 0 Å². The predicted molar refractivity (Wildman–Crippen MR) is 50.7 cm³/mol. The Kier molecular flexibility index (Phi) is 3.34. The first-order valence-electron chi connectivity index (χ1n) is 4.61.